The highest BCUT2D eigenvalue weighted by Crippen LogP contribution is 2.28. The van der Waals surface area contributed by atoms with Gasteiger partial charge in [-0.1, -0.05) is 38.1 Å². The smallest absolute Gasteiger partial charge is 0.253 e. The Balaban J connectivity index is 2.11. The van der Waals surface area contributed by atoms with Gasteiger partial charge in [-0.2, -0.15) is 5.26 Å². The summed E-state index contributed by atoms with van der Waals surface area (Å²) in [6.07, 6.45) is 0. The number of fused-ring (bicyclic) bond motifs is 1. The first-order chi connectivity index (χ1) is 11.9. The summed E-state index contributed by atoms with van der Waals surface area (Å²) in [5.41, 5.74) is 1.14. The number of rotatable bonds is 4. The molecule has 3 rings (SSSR count). The summed E-state index contributed by atoms with van der Waals surface area (Å²) in [7, 11) is 0. The van der Waals surface area contributed by atoms with E-state index in [2.05, 4.69) is 16.4 Å². The normalized spacial score (nSPS) is 13.4. The van der Waals surface area contributed by atoms with Gasteiger partial charge in [0.1, 0.15) is 5.54 Å². The van der Waals surface area contributed by atoms with Gasteiger partial charge in [0.15, 0.2) is 0 Å². The molecule has 0 aliphatic carbocycles. The van der Waals surface area contributed by atoms with Crippen LogP contribution in [-0.4, -0.2) is 16.4 Å². The lowest BCUT2D eigenvalue weighted by molar-refractivity contribution is 0.0909. The number of hydrogen-bond donors (Lipinski definition) is 1. The van der Waals surface area contributed by atoms with Crippen molar-refractivity contribution in [2.45, 2.75) is 26.3 Å². The maximum atomic E-state index is 13.0. The minimum atomic E-state index is -0.926. The maximum Gasteiger partial charge on any atom is 0.253 e. The molecule has 0 bridgehead atoms. The van der Waals surface area contributed by atoms with Crippen molar-refractivity contribution in [2.75, 3.05) is 0 Å². The van der Waals surface area contributed by atoms with Crippen molar-refractivity contribution in [3.05, 3.63) is 53.4 Å². The first-order valence-electron chi connectivity index (χ1n) is 8.12. The molecule has 1 amide bonds. The van der Waals surface area contributed by atoms with E-state index in [1.54, 1.807) is 18.3 Å². The Morgan fingerprint density at radius 1 is 1.28 bits per heavy atom. The Bertz CT molecular complexity index is 957. The van der Waals surface area contributed by atoms with Crippen LogP contribution >= 0.6 is 11.3 Å². The fourth-order valence-electron chi connectivity index (χ4n) is 2.52. The molecule has 0 saturated heterocycles. The molecule has 0 unspecified atom stereocenters. The van der Waals surface area contributed by atoms with Crippen LogP contribution in [0, 0.1) is 17.2 Å². The van der Waals surface area contributed by atoms with Crippen molar-refractivity contribution in [2.24, 2.45) is 5.92 Å². The Morgan fingerprint density at radius 3 is 2.68 bits per heavy atom. The van der Waals surface area contributed by atoms with Gasteiger partial charge in [0, 0.05) is 5.39 Å². The van der Waals surface area contributed by atoms with Crippen LogP contribution in [0.5, 0.6) is 0 Å². The molecule has 0 spiro atoms. The summed E-state index contributed by atoms with van der Waals surface area (Å²) in [6, 6.07) is 15.5. The fourth-order valence-corrected chi connectivity index (χ4v) is 3.20. The summed E-state index contributed by atoms with van der Waals surface area (Å²) in [6.45, 7) is 5.59. The second-order valence-electron chi connectivity index (χ2n) is 6.47. The minimum absolute atomic E-state index is 0.00804. The highest BCUT2D eigenvalue weighted by molar-refractivity contribution is 7.13. The fraction of sp³-hybridized carbons (Fsp3) is 0.250. The van der Waals surface area contributed by atoms with Gasteiger partial charge in [0.05, 0.1) is 27.7 Å². The van der Waals surface area contributed by atoms with Crippen molar-refractivity contribution in [3.63, 3.8) is 0 Å². The SMILES string of the molecule is CC(C)[C@@](C)(C#N)NC(=O)c1cc(-c2cccs2)nc2ccccc12. The molecular weight excluding hydrogens is 330 g/mol. The van der Waals surface area contributed by atoms with E-state index >= 15 is 0 Å². The molecule has 1 aromatic carbocycles. The number of nitrogens with one attached hydrogen (secondary N) is 1. The monoisotopic (exact) mass is 349 g/mol. The highest BCUT2D eigenvalue weighted by atomic mass is 32.1. The van der Waals surface area contributed by atoms with Crippen molar-refractivity contribution in [3.8, 4) is 16.6 Å². The topological polar surface area (TPSA) is 65.8 Å². The molecule has 5 heteroatoms. The Hall–Kier alpha value is -2.71. The summed E-state index contributed by atoms with van der Waals surface area (Å²) >= 11 is 1.58. The Morgan fingerprint density at radius 2 is 2.04 bits per heavy atom. The third kappa shape index (κ3) is 3.26. The van der Waals surface area contributed by atoms with Gasteiger partial charge in [-0.15, -0.1) is 11.3 Å². The average Bonchev–Trinajstić information content (AvgIpc) is 3.15. The second-order valence-corrected chi connectivity index (χ2v) is 7.42. The maximum absolute atomic E-state index is 13.0. The molecule has 4 nitrogen and oxygen atoms in total. The number of carbonyl (C=O) groups excluding carboxylic acids is 1. The first-order valence-corrected chi connectivity index (χ1v) is 9.00. The lowest BCUT2D eigenvalue weighted by Gasteiger charge is -2.27. The quantitative estimate of drug-likeness (QED) is 0.747. The lowest BCUT2D eigenvalue weighted by atomic mass is 9.89. The van der Waals surface area contributed by atoms with Crippen LogP contribution in [0.25, 0.3) is 21.5 Å². The number of aromatic nitrogens is 1. The van der Waals surface area contributed by atoms with E-state index in [1.165, 1.54) is 0 Å². The summed E-state index contributed by atoms with van der Waals surface area (Å²) in [4.78, 5) is 18.7. The van der Waals surface area contributed by atoms with Crippen LogP contribution in [0.3, 0.4) is 0 Å². The summed E-state index contributed by atoms with van der Waals surface area (Å²) in [5.74, 6) is -0.263. The number of nitrogens with zero attached hydrogens (tertiary/aromatic N) is 2. The van der Waals surface area contributed by atoms with Gasteiger partial charge >= 0.3 is 0 Å². The van der Waals surface area contributed by atoms with Gasteiger partial charge in [0.25, 0.3) is 5.91 Å². The van der Waals surface area contributed by atoms with E-state index in [-0.39, 0.29) is 11.8 Å². The van der Waals surface area contributed by atoms with Crippen LogP contribution in [0.4, 0.5) is 0 Å². The summed E-state index contributed by atoms with van der Waals surface area (Å²) in [5, 5.41) is 15.2. The molecule has 1 N–H and O–H groups in total. The van der Waals surface area contributed by atoms with Gasteiger partial charge < -0.3 is 5.32 Å². The molecule has 1 atom stereocenters. The number of carbonyl (C=O) groups is 1. The van der Waals surface area contributed by atoms with E-state index in [4.69, 9.17) is 0 Å². The number of hydrogen-bond acceptors (Lipinski definition) is 4. The standard InChI is InChI=1S/C20H19N3OS/c1-13(2)20(3,12-21)23-19(24)15-11-17(18-9-6-10-25-18)22-16-8-5-4-7-14(15)16/h4-11,13H,1-3H3,(H,23,24)/t20-/m1/s1. The molecule has 2 aromatic heterocycles. The van der Waals surface area contributed by atoms with E-state index in [1.807, 2.05) is 61.7 Å². The molecule has 0 fully saturated rings. The first kappa shape index (κ1) is 17.1. The highest BCUT2D eigenvalue weighted by Gasteiger charge is 2.31. The van der Waals surface area contributed by atoms with Crippen molar-refractivity contribution >= 4 is 28.1 Å². The number of pyridine rings is 1. The van der Waals surface area contributed by atoms with Crippen LogP contribution in [-0.2, 0) is 0 Å². The van der Waals surface area contributed by atoms with E-state index in [0.717, 1.165) is 21.5 Å². The zero-order valence-electron chi connectivity index (χ0n) is 14.4. The third-order valence-corrected chi connectivity index (χ3v) is 5.39. The van der Waals surface area contributed by atoms with E-state index in [0.29, 0.717) is 5.56 Å². The number of amides is 1. The molecule has 0 saturated carbocycles. The van der Waals surface area contributed by atoms with Gasteiger partial charge in [0.2, 0.25) is 0 Å². The lowest BCUT2D eigenvalue weighted by Crippen LogP contribution is -2.48. The molecule has 3 aromatic rings. The van der Waals surface area contributed by atoms with Crippen molar-refractivity contribution in [1.29, 1.82) is 5.26 Å². The zero-order chi connectivity index (χ0) is 18.0. The largest absolute Gasteiger partial charge is 0.334 e. The third-order valence-electron chi connectivity index (χ3n) is 4.49. The average molecular weight is 349 g/mol. The molecule has 0 aliphatic rings. The molecule has 0 radical (unpaired) electrons. The van der Waals surface area contributed by atoms with Crippen molar-refractivity contribution in [1.82, 2.24) is 10.3 Å². The Labute approximate surface area is 151 Å². The van der Waals surface area contributed by atoms with Gasteiger partial charge in [-0.05, 0) is 36.4 Å². The predicted octanol–water partition coefficient (Wildman–Crippen LogP) is 4.63. The van der Waals surface area contributed by atoms with Crippen LogP contribution in [0.2, 0.25) is 0 Å². The van der Waals surface area contributed by atoms with Crippen LogP contribution in [0.15, 0.2) is 47.8 Å². The zero-order valence-corrected chi connectivity index (χ0v) is 15.2. The number of nitriles is 1. The molecule has 2 heterocycles. The van der Waals surface area contributed by atoms with Crippen molar-refractivity contribution < 1.29 is 4.79 Å². The van der Waals surface area contributed by atoms with Crippen LogP contribution in [0.1, 0.15) is 31.1 Å². The molecule has 126 valence electrons. The van der Waals surface area contributed by atoms with Gasteiger partial charge in [-0.3, -0.25) is 4.79 Å². The van der Waals surface area contributed by atoms with E-state index < -0.39 is 5.54 Å². The predicted molar refractivity (Wildman–Crippen MR) is 101 cm³/mol. The number of benzene rings is 1. The number of para-hydroxylation sites is 1. The number of thiophene rings is 1. The molecule has 25 heavy (non-hydrogen) atoms. The van der Waals surface area contributed by atoms with E-state index in [9.17, 15) is 10.1 Å². The Kier molecular flexibility index (Phi) is 4.56. The second kappa shape index (κ2) is 6.66. The summed E-state index contributed by atoms with van der Waals surface area (Å²) < 4.78 is 0. The molecular formula is C20H19N3OS. The molecule has 0 aliphatic heterocycles. The van der Waals surface area contributed by atoms with Gasteiger partial charge in [-0.25, -0.2) is 4.98 Å². The van der Waals surface area contributed by atoms with Crippen LogP contribution < -0.4 is 5.32 Å². The minimum Gasteiger partial charge on any atom is -0.334 e.